The Balaban J connectivity index is 1.42. The summed E-state index contributed by atoms with van der Waals surface area (Å²) in [6.07, 6.45) is 5.87. The van der Waals surface area contributed by atoms with Gasteiger partial charge in [-0.15, -0.1) is 0 Å². The van der Waals surface area contributed by atoms with Crippen molar-refractivity contribution in [3.05, 3.63) is 53.6 Å². The van der Waals surface area contributed by atoms with Gasteiger partial charge < -0.3 is 19.7 Å². The summed E-state index contributed by atoms with van der Waals surface area (Å²) in [7, 11) is 1.55. The second-order valence-electron chi connectivity index (χ2n) is 8.58. The molecule has 31 heavy (non-hydrogen) atoms. The number of phenols is 2. The van der Waals surface area contributed by atoms with Crippen molar-refractivity contribution in [1.29, 1.82) is 0 Å². The third kappa shape index (κ3) is 5.13. The number of aromatic hydroxyl groups is 2. The molecule has 3 atom stereocenters. The topological polar surface area (TPSA) is 79.2 Å². The third-order valence-corrected chi connectivity index (χ3v) is 6.53. The number of hydrogen-bond acceptors (Lipinski definition) is 6. The maximum Gasteiger partial charge on any atom is 0.306 e. The molecule has 2 saturated heterocycles. The van der Waals surface area contributed by atoms with Crippen LogP contribution < -0.4 is 4.74 Å². The van der Waals surface area contributed by atoms with Crippen molar-refractivity contribution in [2.75, 3.05) is 13.7 Å². The van der Waals surface area contributed by atoms with Gasteiger partial charge >= 0.3 is 5.97 Å². The van der Waals surface area contributed by atoms with Gasteiger partial charge in [-0.1, -0.05) is 24.6 Å². The minimum absolute atomic E-state index is 0.116. The molecule has 0 amide bonds. The van der Waals surface area contributed by atoms with Gasteiger partial charge in [0.1, 0.15) is 11.9 Å². The van der Waals surface area contributed by atoms with Gasteiger partial charge in [0.05, 0.1) is 7.11 Å². The molecule has 166 valence electrons. The molecule has 0 bridgehead atoms. The summed E-state index contributed by atoms with van der Waals surface area (Å²) in [6, 6.07) is 13.0. The highest BCUT2D eigenvalue weighted by atomic mass is 16.5. The van der Waals surface area contributed by atoms with Crippen LogP contribution in [0.1, 0.15) is 55.7 Å². The Bertz CT molecular complexity index is 897. The average molecular weight is 426 g/mol. The summed E-state index contributed by atoms with van der Waals surface area (Å²) < 4.78 is 11.1. The van der Waals surface area contributed by atoms with Crippen molar-refractivity contribution in [2.24, 2.45) is 0 Å². The quantitative estimate of drug-likeness (QED) is 0.671. The van der Waals surface area contributed by atoms with Crippen LogP contribution in [0.4, 0.5) is 0 Å². The Labute approximate surface area is 183 Å². The van der Waals surface area contributed by atoms with Crippen LogP contribution in [0.5, 0.6) is 17.2 Å². The number of carbonyl (C=O) groups excluding carboxylic acids is 1. The number of esters is 1. The van der Waals surface area contributed by atoms with Gasteiger partial charge in [-0.05, 0) is 61.2 Å². The lowest BCUT2D eigenvalue weighted by molar-refractivity contribution is -0.154. The Morgan fingerprint density at radius 3 is 2.65 bits per heavy atom. The highest BCUT2D eigenvalue weighted by Crippen LogP contribution is 2.41. The molecule has 6 heteroatoms. The first-order chi connectivity index (χ1) is 15.0. The van der Waals surface area contributed by atoms with Crippen molar-refractivity contribution in [2.45, 2.75) is 63.1 Å². The van der Waals surface area contributed by atoms with Gasteiger partial charge in [-0.25, -0.2) is 0 Å². The number of hydrogen-bond donors (Lipinski definition) is 2. The van der Waals surface area contributed by atoms with E-state index in [1.165, 1.54) is 12.8 Å². The summed E-state index contributed by atoms with van der Waals surface area (Å²) in [5.74, 6) is 0.647. The van der Waals surface area contributed by atoms with Crippen LogP contribution in [0, 0.1) is 0 Å². The molecular weight excluding hydrogens is 394 g/mol. The lowest BCUT2D eigenvalue weighted by atomic mass is 9.84. The molecule has 0 aromatic heterocycles. The molecule has 6 nitrogen and oxygen atoms in total. The van der Waals surface area contributed by atoms with Gasteiger partial charge in [-0.3, -0.25) is 9.69 Å². The second-order valence-corrected chi connectivity index (χ2v) is 8.58. The van der Waals surface area contributed by atoms with Crippen LogP contribution in [-0.4, -0.2) is 46.9 Å². The summed E-state index contributed by atoms with van der Waals surface area (Å²) >= 11 is 0. The molecule has 2 heterocycles. The number of carbonyl (C=O) groups is 1. The molecule has 0 radical (unpaired) electrons. The number of phenolic OH excluding ortho intramolecular Hbond substituents is 2. The molecule has 0 spiro atoms. The summed E-state index contributed by atoms with van der Waals surface area (Å²) in [5.41, 5.74) is 2.04. The molecule has 0 aliphatic carbocycles. The lowest BCUT2D eigenvalue weighted by Crippen LogP contribution is -2.49. The van der Waals surface area contributed by atoms with E-state index in [1.54, 1.807) is 31.4 Å². The van der Waals surface area contributed by atoms with Gasteiger partial charge in [0.15, 0.2) is 11.5 Å². The van der Waals surface area contributed by atoms with Crippen molar-refractivity contribution >= 4 is 5.97 Å². The number of fused-ring (bicyclic) bond motifs is 1. The third-order valence-electron chi connectivity index (χ3n) is 6.53. The maximum absolute atomic E-state index is 12.6. The first-order valence-electron chi connectivity index (χ1n) is 11.1. The van der Waals surface area contributed by atoms with E-state index in [4.69, 9.17) is 9.47 Å². The Morgan fingerprint density at radius 2 is 1.90 bits per heavy atom. The minimum Gasteiger partial charge on any atom is -0.508 e. The van der Waals surface area contributed by atoms with E-state index in [-0.39, 0.29) is 29.6 Å². The van der Waals surface area contributed by atoms with E-state index in [9.17, 15) is 15.0 Å². The summed E-state index contributed by atoms with van der Waals surface area (Å²) in [6.45, 7) is 1.03. The number of rotatable bonds is 6. The molecule has 2 aromatic rings. The van der Waals surface area contributed by atoms with Crippen molar-refractivity contribution < 1.29 is 24.5 Å². The number of ether oxygens (including phenoxy) is 2. The van der Waals surface area contributed by atoms with Gasteiger partial charge in [-0.2, -0.15) is 0 Å². The van der Waals surface area contributed by atoms with Crippen LogP contribution in [0.15, 0.2) is 42.5 Å². The van der Waals surface area contributed by atoms with Gasteiger partial charge in [0.25, 0.3) is 0 Å². The fraction of sp³-hybridized carbons (Fsp3) is 0.480. The average Bonchev–Trinajstić information content (AvgIpc) is 2.78. The first kappa shape index (κ1) is 21.5. The number of nitrogens with zero attached hydrogens (tertiary/aromatic N) is 1. The zero-order valence-electron chi connectivity index (χ0n) is 18.0. The van der Waals surface area contributed by atoms with Crippen molar-refractivity contribution in [3.8, 4) is 17.2 Å². The van der Waals surface area contributed by atoms with E-state index >= 15 is 0 Å². The fourth-order valence-corrected chi connectivity index (χ4v) is 4.96. The molecule has 2 aromatic carbocycles. The minimum atomic E-state index is -0.182. The molecule has 0 unspecified atom stereocenters. The van der Waals surface area contributed by atoms with Gasteiger partial charge in [0.2, 0.25) is 0 Å². The van der Waals surface area contributed by atoms with E-state index in [0.717, 1.165) is 36.9 Å². The van der Waals surface area contributed by atoms with Crippen molar-refractivity contribution in [3.63, 3.8) is 0 Å². The highest BCUT2D eigenvalue weighted by molar-refractivity contribution is 5.70. The molecule has 2 aliphatic rings. The summed E-state index contributed by atoms with van der Waals surface area (Å²) in [4.78, 5) is 15.1. The maximum atomic E-state index is 12.6. The zero-order valence-corrected chi connectivity index (χ0v) is 18.0. The molecule has 0 saturated carbocycles. The second kappa shape index (κ2) is 9.60. The standard InChI is InChI=1S/C25H31NO5/c1-30-24-11-8-18(14-23(24)28)22-16-21(15-19-4-2-3-13-26(19)22)31-25(29)12-7-17-5-9-20(27)10-6-17/h5-6,8-11,14,19,21-22,27-28H,2-4,7,12-13,15-16H2,1H3/t19-,21+,22+/m1/s1. The monoisotopic (exact) mass is 425 g/mol. The van der Waals surface area contributed by atoms with Crippen molar-refractivity contribution in [1.82, 2.24) is 4.90 Å². The number of piperidine rings is 2. The Kier molecular flexibility index (Phi) is 6.66. The van der Waals surface area contributed by atoms with E-state index in [2.05, 4.69) is 4.90 Å². The predicted molar refractivity (Wildman–Crippen MR) is 117 cm³/mol. The molecule has 2 N–H and O–H groups in total. The predicted octanol–water partition coefficient (Wildman–Crippen LogP) is 4.34. The smallest absolute Gasteiger partial charge is 0.306 e. The van der Waals surface area contributed by atoms with E-state index < -0.39 is 0 Å². The SMILES string of the molecule is COc1ccc([C@@H]2C[C@@H](OC(=O)CCc3ccc(O)cc3)C[C@H]3CCCCN32)cc1O. The van der Waals surface area contributed by atoms with Crippen LogP contribution in [0.25, 0.3) is 0 Å². The van der Waals surface area contributed by atoms with Crippen LogP contribution in [0.2, 0.25) is 0 Å². The molecule has 2 fully saturated rings. The van der Waals surface area contributed by atoms with E-state index in [1.807, 2.05) is 18.2 Å². The molecule has 4 rings (SSSR count). The largest absolute Gasteiger partial charge is 0.508 e. The summed E-state index contributed by atoms with van der Waals surface area (Å²) in [5, 5.41) is 19.7. The number of aryl methyl sites for hydroxylation is 1. The fourth-order valence-electron chi connectivity index (χ4n) is 4.96. The zero-order chi connectivity index (χ0) is 21.8. The Morgan fingerprint density at radius 1 is 1.10 bits per heavy atom. The van der Waals surface area contributed by atoms with Gasteiger partial charge in [0, 0.05) is 31.3 Å². The van der Waals surface area contributed by atoms with Crippen LogP contribution in [0.3, 0.4) is 0 Å². The highest BCUT2D eigenvalue weighted by Gasteiger charge is 2.39. The number of methoxy groups -OCH3 is 1. The van der Waals surface area contributed by atoms with Crippen LogP contribution in [-0.2, 0) is 16.0 Å². The Hall–Kier alpha value is -2.73. The normalized spacial score (nSPS) is 23.7. The first-order valence-corrected chi connectivity index (χ1v) is 11.1. The van der Waals surface area contributed by atoms with Crippen LogP contribution >= 0.6 is 0 Å². The molecule has 2 aliphatic heterocycles. The lowest BCUT2D eigenvalue weighted by Gasteiger charge is -2.47. The van der Waals surface area contributed by atoms with E-state index in [0.29, 0.717) is 24.6 Å². The molecular formula is C25H31NO5. The number of benzene rings is 2.